The van der Waals surface area contributed by atoms with Crippen LogP contribution in [0.5, 0.6) is 5.75 Å². The third kappa shape index (κ3) is 3.41. The van der Waals surface area contributed by atoms with Gasteiger partial charge in [0.15, 0.2) is 5.43 Å². The molecule has 0 aliphatic heterocycles. The molecule has 0 saturated carbocycles. The Kier molecular flexibility index (Phi) is 4.30. The van der Waals surface area contributed by atoms with Gasteiger partial charge in [0.25, 0.3) is 0 Å². The molecule has 1 aliphatic rings. The molecule has 29 heavy (non-hydrogen) atoms. The number of carbonyl (C=O) groups is 1. The monoisotopic (exact) mass is 392 g/mol. The molecule has 0 atom stereocenters. The lowest BCUT2D eigenvalue weighted by Crippen LogP contribution is -2.34. The first-order valence-corrected chi connectivity index (χ1v) is 9.71. The highest BCUT2D eigenvalue weighted by Crippen LogP contribution is 2.46. The zero-order valence-corrected chi connectivity index (χ0v) is 17.0. The molecule has 1 aromatic heterocycles. The van der Waals surface area contributed by atoms with Crippen LogP contribution in [0.15, 0.2) is 51.7 Å². The van der Waals surface area contributed by atoms with Crippen LogP contribution < -0.4 is 10.2 Å². The average Bonchev–Trinajstić information content (AvgIpc) is 2.65. The predicted octanol–water partition coefficient (Wildman–Crippen LogP) is 5.87. The lowest BCUT2D eigenvalue weighted by atomic mass is 9.63. The maximum Gasteiger partial charge on any atom is 0.511 e. The van der Waals surface area contributed by atoms with Gasteiger partial charge in [-0.3, -0.25) is 4.79 Å². The molecule has 0 spiro atoms. The van der Waals surface area contributed by atoms with Gasteiger partial charge in [0.05, 0.1) is 5.39 Å². The van der Waals surface area contributed by atoms with Gasteiger partial charge >= 0.3 is 6.16 Å². The van der Waals surface area contributed by atoms with Gasteiger partial charge in [0.2, 0.25) is 0 Å². The van der Waals surface area contributed by atoms with Crippen LogP contribution in [-0.4, -0.2) is 11.3 Å². The quantitative estimate of drug-likeness (QED) is 0.436. The van der Waals surface area contributed by atoms with Gasteiger partial charge in [-0.05, 0) is 71.2 Å². The highest BCUT2D eigenvalue weighted by Gasteiger charge is 2.37. The van der Waals surface area contributed by atoms with Crippen molar-refractivity contribution in [3.63, 3.8) is 0 Å². The van der Waals surface area contributed by atoms with Gasteiger partial charge in [-0.2, -0.15) is 0 Å². The highest BCUT2D eigenvalue weighted by molar-refractivity contribution is 5.81. The number of carboxylic acid groups (broad SMARTS) is 1. The Morgan fingerprint density at radius 3 is 2.14 bits per heavy atom. The summed E-state index contributed by atoms with van der Waals surface area (Å²) < 4.78 is 10.7. The van der Waals surface area contributed by atoms with Crippen LogP contribution in [0.1, 0.15) is 51.7 Å². The van der Waals surface area contributed by atoms with Gasteiger partial charge in [-0.1, -0.05) is 27.7 Å². The van der Waals surface area contributed by atoms with Gasteiger partial charge in [0, 0.05) is 11.6 Å². The van der Waals surface area contributed by atoms with E-state index in [9.17, 15) is 9.59 Å². The van der Waals surface area contributed by atoms with E-state index in [0.29, 0.717) is 22.3 Å². The molecule has 5 heteroatoms. The van der Waals surface area contributed by atoms with Crippen LogP contribution in [0.2, 0.25) is 0 Å². The zero-order chi connectivity index (χ0) is 21.0. The van der Waals surface area contributed by atoms with Gasteiger partial charge in [-0.15, -0.1) is 0 Å². The fraction of sp³-hybridized carbons (Fsp3) is 0.333. The van der Waals surface area contributed by atoms with Crippen molar-refractivity contribution in [1.82, 2.24) is 0 Å². The standard InChI is InChI=1S/C24H24O5/c1-23(2)9-10-24(3,4)18-12-21-16(11-17(18)23)19(25)13-20(29-21)14-5-7-15(8-6-14)28-22(26)27/h5-8,11-13H,9-10H2,1-4H3,(H,26,27). The van der Waals surface area contributed by atoms with Gasteiger partial charge in [0.1, 0.15) is 17.1 Å². The highest BCUT2D eigenvalue weighted by atomic mass is 16.7. The van der Waals surface area contributed by atoms with Crippen molar-refractivity contribution in [2.24, 2.45) is 0 Å². The second kappa shape index (κ2) is 6.48. The van der Waals surface area contributed by atoms with Crippen LogP contribution in [0.25, 0.3) is 22.3 Å². The number of fused-ring (bicyclic) bond motifs is 2. The number of rotatable bonds is 2. The van der Waals surface area contributed by atoms with E-state index in [2.05, 4.69) is 32.4 Å². The van der Waals surface area contributed by atoms with E-state index in [0.717, 1.165) is 12.8 Å². The number of benzene rings is 2. The average molecular weight is 392 g/mol. The van der Waals surface area contributed by atoms with Gasteiger partial charge < -0.3 is 14.3 Å². The Morgan fingerprint density at radius 2 is 1.55 bits per heavy atom. The summed E-state index contributed by atoms with van der Waals surface area (Å²) in [6.45, 7) is 8.92. The molecule has 1 N–H and O–H groups in total. The lowest BCUT2D eigenvalue weighted by molar-refractivity contribution is 0.144. The molecule has 4 rings (SSSR count). The van der Waals surface area contributed by atoms with Crippen molar-refractivity contribution in [2.45, 2.75) is 51.4 Å². The van der Waals surface area contributed by atoms with Crippen LogP contribution in [0.3, 0.4) is 0 Å². The van der Waals surface area contributed by atoms with Crippen LogP contribution in [-0.2, 0) is 10.8 Å². The fourth-order valence-electron chi connectivity index (χ4n) is 4.15. The minimum atomic E-state index is -1.37. The summed E-state index contributed by atoms with van der Waals surface area (Å²) >= 11 is 0. The predicted molar refractivity (Wildman–Crippen MR) is 112 cm³/mol. The summed E-state index contributed by atoms with van der Waals surface area (Å²) in [7, 11) is 0. The first-order chi connectivity index (χ1) is 13.6. The van der Waals surface area contributed by atoms with Crippen molar-refractivity contribution < 1.29 is 19.1 Å². The summed E-state index contributed by atoms with van der Waals surface area (Å²) in [5.41, 5.74) is 3.65. The molecule has 0 amide bonds. The number of hydrogen-bond donors (Lipinski definition) is 1. The molecule has 2 aromatic carbocycles. The normalized spacial score (nSPS) is 17.0. The minimum absolute atomic E-state index is 0.0173. The molecule has 0 unspecified atom stereocenters. The molecule has 5 nitrogen and oxygen atoms in total. The summed E-state index contributed by atoms with van der Waals surface area (Å²) in [6, 6.07) is 11.9. The number of hydrogen-bond acceptors (Lipinski definition) is 4. The summed E-state index contributed by atoms with van der Waals surface area (Å²) in [5, 5.41) is 9.29. The lowest BCUT2D eigenvalue weighted by Gasteiger charge is -2.41. The molecule has 1 aliphatic carbocycles. The Bertz CT molecular complexity index is 1170. The maximum atomic E-state index is 12.9. The van der Waals surface area contributed by atoms with E-state index < -0.39 is 6.16 Å². The zero-order valence-electron chi connectivity index (χ0n) is 17.0. The van der Waals surface area contributed by atoms with Crippen LogP contribution in [0, 0.1) is 0 Å². The fourth-order valence-corrected chi connectivity index (χ4v) is 4.15. The van der Waals surface area contributed by atoms with E-state index >= 15 is 0 Å². The second-order valence-electron chi connectivity index (χ2n) is 9.03. The van der Waals surface area contributed by atoms with Crippen LogP contribution in [0.4, 0.5) is 4.79 Å². The third-order valence-corrected chi connectivity index (χ3v) is 6.04. The molecule has 3 aromatic rings. The molecule has 1 heterocycles. The number of ether oxygens (including phenoxy) is 1. The van der Waals surface area contributed by atoms with E-state index in [1.54, 1.807) is 12.1 Å². The van der Waals surface area contributed by atoms with E-state index in [4.69, 9.17) is 9.52 Å². The molecule has 0 fully saturated rings. The summed E-state index contributed by atoms with van der Waals surface area (Å²) in [5.74, 6) is 0.652. The van der Waals surface area contributed by atoms with E-state index in [-0.39, 0.29) is 22.0 Å². The molecular formula is C24H24O5. The van der Waals surface area contributed by atoms with Crippen molar-refractivity contribution in [3.8, 4) is 17.1 Å². The minimum Gasteiger partial charge on any atom is -0.456 e. The van der Waals surface area contributed by atoms with E-state index in [1.807, 2.05) is 12.1 Å². The molecular weight excluding hydrogens is 368 g/mol. The van der Waals surface area contributed by atoms with Crippen LogP contribution >= 0.6 is 0 Å². The Morgan fingerprint density at radius 1 is 0.966 bits per heavy atom. The molecule has 0 bridgehead atoms. The molecule has 150 valence electrons. The Labute approximate surface area is 168 Å². The first-order valence-electron chi connectivity index (χ1n) is 9.71. The van der Waals surface area contributed by atoms with Gasteiger partial charge in [-0.25, -0.2) is 4.79 Å². The largest absolute Gasteiger partial charge is 0.511 e. The van der Waals surface area contributed by atoms with Crippen molar-refractivity contribution in [1.29, 1.82) is 0 Å². The first kappa shape index (κ1) is 19.2. The Hall–Kier alpha value is -3.08. The summed E-state index contributed by atoms with van der Waals surface area (Å²) in [6.07, 6.45) is 0.783. The molecule has 0 saturated heterocycles. The summed E-state index contributed by atoms with van der Waals surface area (Å²) in [4.78, 5) is 23.5. The smallest absolute Gasteiger partial charge is 0.456 e. The van der Waals surface area contributed by atoms with Crippen molar-refractivity contribution in [2.75, 3.05) is 0 Å². The Balaban J connectivity index is 1.85. The van der Waals surface area contributed by atoms with Crippen molar-refractivity contribution >= 4 is 17.1 Å². The van der Waals surface area contributed by atoms with Crippen molar-refractivity contribution in [3.05, 3.63) is 63.8 Å². The SMILES string of the molecule is CC1(C)CCC(C)(C)c2cc3c(=O)cc(-c4ccc(OC(=O)O)cc4)oc3cc21. The topological polar surface area (TPSA) is 76.7 Å². The van der Waals surface area contributed by atoms with E-state index in [1.165, 1.54) is 29.3 Å². The third-order valence-electron chi connectivity index (χ3n) is 6.04. The molecule has 0 radical (unpaired) electrons. The maximum absolute atomic E-state index is 12.9. The second-order valence-corrected chi connectivity index (χ2v) is 9.03.